The fourth-order valence-corrected chi connectivity index (χ4v) is 1.86. The Morgan fingerprint density at radius 3 is 2.50 bits per heavy atom. The van der Waals surface area contributed by atoms with E-state index < -0.39 is 6.43 Å². The van der Waals surface area contributed by atoms with E-state index in [-0.39, 0.29) is 18.2 Å². The molecule has 0 fully saturated rings. The summed E-state index contributed by atoms with van der Waals surface area (Å²) < 4.78 is 25.7. The largest absolute Gasteiger partial charge is 0.399 e. The van der Waals surface area contributed by atoms with Crippen molar-refractivity contribution in [1.82, 2.24) is 0 Å². The number of halogens is 2. The minimum absolute atomic E-state index is 0.0920. The smallest absolute Gasteiger partial charge is 0.265 e. The molecular formula is C13H20F2N2O. The Labute approximate surface area is 106 Å². The lowest BCUT2D eigenvalue weighted by Crippen LogP contribution is -2.26. The minimum atomic E-state index is -2.59. The van der Waals surface area contributed by atoms with Gasteiger partial charge in [0.05, 0.1) is 6.61 Å². The fraction of sp³-hybridized carbons (Fsp3) is 0.538. The highest BCUT2D eigenvalue weighted by atomic mass is 19.3. The molecule has 0 aliphatic heterocycles. The van der Waals surface area contributed by atoms with Gasteiger partial charge in [-0.1, -0.05) is 13.8 Å². The van der Waals surface area contributed by atoms with Crippen molar-refractivity contribution in [2.45, 2.75) is 32.7 Å². The van der Waals surface area contributed by atoms with Crippen molar-refractivity contribution in [3.63, 3.8) is 0 Å². The van der Waals surface area contributed by atoms with Crippen LogP contribution in [0.2, 0.25) is 0 Å². The van der Waals surface area contributed by atoms with Gasteiger partial charge in [-0.15, -0.1) is 0 Å². The summed E-state index contributed by atoms with van der Waals surface area (Å²) in [6.07, 6.45) is -1.88. The van der Waals surface area contributed by atoms with Crippen molar-refractivity contribution in [3.8, 4) is 0 Å². The van der Waals surface area contributed by atoms with Crippen LogP contribution in [-0.2, 0) is 0 Å². The van der Waals surface area contributed by atoms with E-state index >= 15 is 0 Å². The average molecular weight is 258 g/mol. The topological polar surface area (TPSA) is 58.3 Å². The van der Waals surface area contributed by atoms with Crippen LogP contribution in [0.1, 0.15) is 32.3 Å². The zero-order valence-electron chi connectivity index (χ0n) is 10.7. The molecule has 5 heteroatoms. The highest BCUT2D eigenvalue weighted by Gasteiger charge is 2.16. The van der Waals surface area contributed by atoms with E-state index in [1.54, 1.807) is 6.07 Å². The molecule has 0 aromatic heterocycles. The number of alkyl halides is 2. The molecule has 0 bridgehead atoms. The SMILES string of the molecule is CC(C)CC(CO)Nc1ccc(N)cc1C(F)F. The van der Waals surface area contributed by atoms with Gasteiger partial charge in [0, 0.05) is 23.0 Å². The van der Waals surface area contributed by atoms with Crippen LogP contribution >= 0.6 is 0 Å². The number of hydrogen-bond acceptors (Lipinski definition) is 3. The summed E-state index contributed by atoms with van der Waals surface area (Å²) in [4.78, 5) is 0. The van der Waals surface area contributed by atoms with Gasteiger partial charge < -0.3 is 16.2 Å². The number of benzene rings is 1. The van der Waals surface area contributed by atoms with Gasteiger partial charge in [0.1, 0.15) is 0 Å². The Morgan fingerprint density at radius 1 is 1.33 bits per heavy atom. The number of nitrogens with one attached hydrogen (secondary N) is 1. The highest BCUT2D eigenvalue weighted by molar-refractivity contribution is 5.59. The van der Waals surface area contributed by atoms with Gasteiger partial charge in [-0.25, -0.2) is 8.78 Å². The molecule has 0 heterocycles. The predicted molar refractivity (Wildman–Crippen MR) is 69.8 cm³/mol. The van der Waals surface area contributed by atoms with Crippen LogP contribution in [0.4, 0.5) is 20.2 Å². The normalized spacial score (nSPS) is 13.1. The van der Waals surface area contributed by atoms with E-state index in [2.05, 4.69) is 5.32 Å². The van der Waals surface area contributed by atoms with Crippen molar-refractivity contribution in [2.24, 2.45) is 5.92 Å². The third kappa shape index (κ3) is 4.14. The first-order valence-corrected chi connectivity index (χ1v) is 5.99. The van der Waals surface area contributed by atoms with Crippen molar-refractivity contribution in [1.29, 1.82) is 0 Å². The molecule has 1 aromatic rings. The third-order valence-electron chi connectivity index (χ3n) is 2.65. The molecule has 0 saturated carbocycles. The van der Waals surface area contributed by atoms with Crippen LogP contribution in [0, 0.1) is 5.92 Å². The molecule has 18 heavy (non-hydrogen) atoms. The molecular weight excluding hydrogens is 238 g/mol. The molecule has 3 nitrogen and oxygen atoms in total. The van der Waals surface area contributed by atoms with Crippen molar-refractivity contribution in [3.05, 3.63) is 23.8 Å². The zero-order valence-corrected chi connectivity index (χ0v) is 10.7. The summed E-state index contributed by atoms with van der Waals surface area (Å²) in [5, 5.41) is 12.2. The Morgan fingerprint density at radius 2 is 2.00 bits per heavy atom. The van der Waals surface area contributed by atoms with Crippen LogP contribution in [0.25, 0.3) is 0 Å². The molecule has 102 valence electrons. The number of anilines is 2. The minimum Gasteiger partial charge on any atom is -0.399 e. The van der Waals surface area contributed by atoms with Gasteiger partial charge in [-0.3, -0.25) is 0 Å². The van der Waals surface area contributed by atoms with Crippen LogP contribution in [0.3, 0.4) is 0 Å². The molecule has 0 radical (unpaired) electrons. The van der Waals surface area contributed by atoms with Gasteiger partial charge >= 0.3 is 0 Å². The summed E-state index contributed by atoms with van der Waals surface area (Å²) in [6.45, 7) is 3.94. The molecule has 1 aromatic carbocycles. The van der Waals surface area contributed by atoms with E-state index in [1.165, 1.54) is 12.1 Å². The number of nitrogen functional groups attached to an aromatic ring is 1. The van der Waals surface area contributed by atoms with Gasteiger partial charge in [-0.2, -0.15) is 0 Å². The van der Waals surface area contributed by atoms with E-state index in [4.69, 9.17) is 5.73 Å². The van der Waals surface area contributed by atoms with Crippen molar-refractivity contribution in [2.75, 3.05) is 17.7 Å². The summed E-state index contributed by atoms with van der Waals surface area (Å²) in [7, 11) is 0. The lowest BCUT2D eigenvalue weighted by molar-refractivity contribution is 0.152. The molecule has 4 N–H and O–H groups in total. The van der Waals surface area contributed by atoms with E-state index in [0.29, 0.717) is 23.7 Å². The maximum atomic E-state index is 12.9. The Hall–Kier alpha value is -1.36. The first-order valence-electron chi connectivity index (χ1n) is 5.99. The first-order chi connectivity index (χ1) is 8.43. The van der Waals surface area contributed by atoms with Gasteiger partial charge in [0.25, 0.3) is 6.43 Å². The molecule has 1 unspecified atom stereocenters. The number of aliphatic hydroxyl groups excluding tert-OH is 1. The Balaban J connectivity index is 2.88. The summed E-state index contributed by atoms with van der Waals surface area (Å²) in [5.74, 6) is 0.374. The molecule has 1 atom stereocenters. The number of hydrogen-bond donors (Lipinski definition) is 3. The second-order valence-corrected chi connectivity index (χ2v) is 4.80. The standard InChI is InChI=1S/C13H20F2N2O/c1-8(2)5-10(7-18)17-12-4-3-9(16)6-11(12)13(14)15/h3-4,6,8,10,13,17-18H,5,7,16H2,1-2H3. The predicted octanol–water partition coefficient (Wildman–Crippen LogP) is 3.03. The van der Waals surface area contributed by atoms with Crippen molar-refractivity contribution >= 4 is 11.4 Å². The van der Waals surface area contributed by atoms with Crippen molar-refractivity contribution < 1.29 is 13.9 Å². The number of rotatable bonds is 6. The van der Waals surface area contributed by atoms with Gasteiger partial charge in [-0.05, 0) is 30.5 Å². The quantitative estimate of drug-likeness (QED) is 0.687. The molecule has 0 aliphatic carbocycles. The second-order valence-electron chi connectivity index (χ2n) is 4.80. The fourth-order valence-electron chi connectivity index (χ4n) is 1.86. The van der Waals surface area contributed by atoms with Gasteiger partial charge in [0.15, 0.2) is 0 Å². The summed E-state index contributed by atoms with van der Waals surface area (Å²) >= 11 is 0. The maximum absolute atomic E-state index is 12.9. The number of nitrogens with two attached hydrogens (primary N) is 1. The zero-order chi connectivity index (χ0) is 13.7. The summed E-state index contributed by atoms with van der Waals surface area (Å²) in [6, 6.07) is 4.13. The lowest BCUT2D eigenvalue weighted by atomic mass is 10.0. The molecule has 0 aliphatic rings. The molecule has 0 saturated heterocycles. The highest BCUT2D eigenvalue weighted by Crippen LogP contribution is 2.29. The van der Waals surface area contributed by atoms with E-state index in [0.717, 1.165) is 0 Å². The average Bonchev–Trinajstić information content (AvgIpc) is 2.29. The number of aliphatic hydroxyl groups is 1. The molecule has 1 rings (SSSR count). The Kier molecular flexibility index (Phi) is 5.34. The lowest BCUT2D eigenvalue weighted by Gasteiger charge is -2.21. The van der Waals surface area contributed by atoms with Crippen LogP contribution in [-0.4, -0.2) is 17.8 Å². The second kappa shape index (κ2) is 6.54. The summed E-state index contributed by atoms with van der Waals surface area (Å²) in [5.41, 5.74) is 6.01. The van der Waals surface area contributed by atoms with E-state index in [1.807, 2.05) is 13.8 Å². The Bertz CT molecular complexity index is 383. The monoisotopic (exact) mass is 258 g/mol. The van der Waals surface area contributed by atoms with Gasteiger partial charge in [0.2, 0.25) is 0 Å². The maximum Gasteiger partial charge on any atom is 0.265 e. The third-order valence-corrected chi connectivity index (χ3v) is 2.65. The molecule has 0 spiro atoms. The molecule has 0 amide bonds. The first kappa shape index (κ1) is 14.7. The van der Waals surface area contributed by atoms with Crippen LogP contribution < -0.4 is 11.1 Å². The van der Waals surface area contributed by atoms with E-state index in [9.17, 15) is 13.9 Å². The van der Waals surface area contributed by atoms with Crippen LogP contribution in [0.5, 0.6) is 0 Å². The van der Waals surface area contributed by atoms with Crippen LogP contribution in [0.15, 0.2) is 18.2 Å².